The molecule has 1 aromatic heterocycles. The van der Waals surface area contributed by atoms with Crippen LogP contribution >= 0.6 is 15.9 Å². The van der Waals surface area contributed by atoms with Crippen molar-refractivity contribution in [3.63, 3.8) is 0 Å². The van der Waals surface area contributed by atoms with E-state index in [1.807, 2.05) is 6.20 Å². The number of hydrogen-bond donors (Lipinski definition) is 0. The fourth-order valence-electron chi connectivity index (χ4n) is 2.35. The number of halogens is 1. The van der Waals surface area contributed by atoms with Gasteiger partial charge in [0.05, 0.1) is 0 Å². The normalized spacial score (nSPS) is 21.5. The van der Waals surface area contributed by atoms with Crippen LogP contribution in [-0.4, -0.2) is 43.1 Å². The van der Waals surface area contributed by atoms with Crippen molar-refractivity contribution < 1.29 is 0 Å². The topological polar surface area (TPSA) is 19.4 Å². The highest BCUT2D eigenvalue weighted by molar-refractivity contribution is 9.08. The summed E-state index contributed by atoms with van der Waals surface area (Å²) in [5.74, 6) is 1.08. The van der Waals surface area contributed by atoms with Crippen molar-refractivity contribution in [1.29, 1.82) is 0 Å². The van der Waals surface area contributed by atoms with Crippen molar-refractivity contribution >= 4 is 21.7 Å². The first kappa shape index (κ1) is 12.8. The molecule has 0 bridgehead atoms. The van der Waals surface area contributed by atoms with Crippen molar-refractivity contribution in [2.24, 2.45) is 0 Å². The molecule has 17 heavy (non-hydrogen) atoms. The number of rotatable bonds is 3. The summed E-state index contributed by atoms with van der Waals surface area (Å²) < 4.78 is 0. The standard InChI is InChI=1S/C13H20BrN3/c1-16-7-3-4-12(10-16)17(2)13-6-5-11(8-14)9-15-13/h5-6,9,12H,3-4,7-8,10H2,1-2H3. The average Bonchev–Trinajstić information content (AvgIpc) is 2.38. The van der Waals surface area contributed by atoms with Gasteiger partial charge in [-0.2, -0.15) is 0 Å². The minimum Gasteiger partial charge on any atom is -0.355 e. The van der Waals surface area contributed by atoms with Gasteiger partial charge >= 0.3 is 0 Å². The molecule has 0 radical (unpaired) electrons. The predicted octanol–water partition coefficient (Wildman–Crippen LogP) is 2.51. The van der Waals surface area contributed by atoms with Crippen molar-refractivity contribution in [3.8, 4) is 0 Å². The number of nitrogens with zero attached hydrogens (tertiary/aromatic N) is 3. The molecule has 1 atom stereocenters. The number of pyridine rings is 1. The first-order chi connectivity index (χ1) is 8.20. The van der Waals surface area contributed by atoms with Crippen LogP contribution in [-0.2, 0) is 5.33 Å². The summed E-state index contributed by atoms with van der Waals surface area (Å²) in [5, 5.41) is 0.871. The molecule has 3 nitrogen and oxygen atoms in total. The summed E-state index contributed by atoms with van der Waals surface area (Å²) in [4.78, 5) is 9.24. The van der Waals surface area contributed by atoms with Gasteiger partial charge in [0.15, 0.2) is 0 Å². The van der Waals surface area contributed by atoms with Crippen LogP contribution in [0.25, 0.3) is 0 Å². The monoisotopic (exact) mass is 297 g/mol. The van der Waals surface area contributed by atoms with Gasteiger partial charge in [-0.05, 0) is 38.1 Å². The van der Waals surface area contributed by atoms with E-state index in [-0.39, 0.29) is 0 Å². The number of alkyl halides is 1. The van der Waals surface area contributed by atoms with Crippen molar-refractivity contribution in [2.45, 2.75) is 24.2 Å². The number of aromatic nitrogens is 1. The number of piperidine rings is 1. The molecular weight excluding hydrogens is 278 g/mol. The zero-order valence-corrected chi connectivity index (χ0v) is 12.2. The molecule has 1 aromatic rings. The largest absolute Gasteiger partial charge is 0.355 e. The Balaban J connectivity index is 2.04. The second-order valence-corrected chi connectivity index (χ2v) is 5.39. The van der Waals surface area contributed by atoms with Crippen molar-refractivity contribution in [3.05, 3.63) is 23.9 Å². The maximum Gasteiger partial charge on any atom is 0.128 e. The minimum atomic E-state index is 0.594. The first-order valence-electron chi connectivity index (χ1n) is 6.13. The Morgan fingerprint density at radius 1 is 1.53 bits per heavy atom. The van der Waals surface area contributed by atoms with E-state index < -0.39 is 0 Å². The molecule has 0 spiro atoms. The van der Waals surface area contributed by atoms with Gasteiger partial charge in [-0.3, -0.25) is 0 Å². The van der Waals surface area contributed by atoms with Gasteiger partial charge in [0, 0.05) is 31.2 Å². The molecule has 1 aliphatic heterocycles. The fourth-order valence-corrected chi connectivity index (χ4v) is 2.68. The Bertz CT molecular complexity index is 352. The van der Waals surface area contributed by atoms with Gasteiger partial charge in [0.1, 0.15) is 5.82 Å². The van der Waals surface area contributed by atoms with E-state index in [1.165, 1.54) is 24.9 Å². The highest BCUT2D eigenvalue weighted by Crippen LogP contribution is 2.19. The maximum atomic E-state index is 4.53. The highest BCUT2D eigenvalue weighted by Gasteiger charge is 2.21. The third kappa shape index (κ3) is 3.19. The molecule has 0 aliphatic carbocycles. The summed E-state index contributed by atoms with van der Waals surface area (Å²) >= 11 is 3.44. The molecule has 0 amide bonds. The molecule has 2 heterocycles. The van der Waals surface area contributed by atoms with Gasteiger partial charge in [-0.15, -0.1) is 0 Å². The lowest BCUT2D eigenvalue weighted by molar-refractivity contribution is 0.247. The van der Waals surface area contributed by atoms with E-state index in [0.29, 0.717) is 6.04 Å². The second kappa shape index (κ2) is 5.83. The van der Waals surface area contributed by atoms with E-state index >= 15 is 0 Å². The van der Waals surface area contributed by atoms with Gasteiger partial charge in [-0.25, -0.2) is 4.98 Å². The molecule has 1 aliphatic rings. The summed E-state index contributed by atoms with van der Waals surface area (Å²) in [7, 11) is 4.35. The number of anilines is 1. The smallest absolute Gasteiger partial charge is 0.128 e. The highest BCUT2D eigenvalue weighted by atomic mass is 79.9. The third-order valence-corrected chi connectivity index (χ3v) is 4.12. The van der Waals surface area contributed by atoms with Crippen molar-refractivity contribution in [2.75, 3.05) is 32.1 Å². The minimum absolute atomic E-state index is 0.594. The molecule has 4 heteroatoms. The Kier molecular flexibility index (Phi) is 4.40. The average molecular weight is 298 g/mol. The predicted molar refractivity (Wildman–Crippen MR) is 75.8 cm³/mol. The number of likely N-dealkylation sites (N-methyl/N-ethyl adjacent to an activating group) is 2. The Morgan fingerprint density at radius 2 is 2.35 bits per heavy atom. The third-order valence-electron chi connectivity index (χ3n) is 3.47. The lowest BCUT2D eigenvalue weighted by Gasteiger charge is -2.36. The van der Waals surface area contributed by atoms with E-state index in [1.54, 1.807) is 0 Å². The molecule has 0 N–H and O–H groups in total. The molecule has 1 unspecified atom stereocenters. The summed E-state index contributed by atoms with van der Waals surface area (Å²) in [6, 6.07) is 4.85. The van der Waals surface area contributed by atoms with Crippen LogP contribution in [0.15, 0.2) is 18.3 Å². The molecule has 1 saturated heterocycles. The van der Waals surface area contributed by atoms with Crippen LogP contribution in [0.1, 0.15) is 18.4 Å². The van der Waals surface area contributed by atoms with Gasteiger partial charge in [0.25, 0.3) is 0 Å². The Labute approximate surface area is 112 Å². The van der Waals surface area contributed by atoms with E-state index in [4.69, 9.17) is 0 Å². The molecule has 2 rings (SSSR count). The van der Waals surface area contributed by atoms with Crippen LogP contribution in [0, 0.1) is 0 Å². The molecular formula is C13H20BrN3. The Morgan fingerprint density at radius 3 is 2.94 bits per heavy atom. The molecule has 0 saturated carbocycles. The van der Waals surface area contributed by atoms with Crippen LogP contribution < -0.4 is 4.90 Å². The summed E-state index contributed by atoms with van der Waals surface area (Å²) in [6.07, 6.45) is 4.50. The van der Waals surface area contributed by atoms with E-state index in [9.17, 15) is 0 Å². The Hall–Kier alpha value is -0.610. The lowest BCUT2D eigenvalue weighted by Crippen LogP contribution is -2.45. The zero-order valence-electron chi connectivity index (χ0n) is 10.6. The quantitative estimate of drug-likeness (QED) is 0.799. The van der Waals surface area contributed by atoms with Crippen LogP contribution in [0.4, 0.5) is 5.82 Å². The maximum absolute atomic E-state index is 4.53. The lowest BCUT2D eigenvalue weighted by atomic mass is 10.1. The second-order valence-electron chi connectivity index (χ2n) is 4.83. The van der Waals surface area contributed by atoms with E-state index in [2.05, 4.69) is 56.9 Å². The van der Waals surface area contributed by atoms with Crippen LogP contribution in [0.2, 0.25) is 0 Å². The molecule has 1 fully saturated rings. The van der Waals surface area contributed by atoms with Crippen LogP contribution in [0.3, 0.4) is 0 Å². The van der Waals surface area contributed by atoms with Gasteiger partial charge < -0.3 is 9.80 Å². The van der Waals surface area contributed by atoms with E-state index in [0.717, 1.165) is 17.7 Å². The first-order valence-corrected chi connectivity index (χ1v) is 7.25. The van der Waals surface area contributed by atoms with Gasteiger partial charge in [-0.1, -0.05) is 22.0 Å². The molecule has 0 aromatic carbocycles. The summed E-state index contributed by atoms with van der Waals surface area (Å²) in [6.45, 7) is 2.36. The zero-order chi connectivity index (χ0) is 12.3. The SMILES string of the molecule is CN1CCCC(N(C)c2ccc(CBr)cn2)C1. The van der Waals surface area contributed by atoms with Gasteiger partial charge in [0.2, 0.25) is 0 Å². The number of likely N-dealkylation sites (tertiary alicyclic amines) is 1. The fraction of sp³-hybridized carbons (Fsp3) is 0.615. The molecule has 94 valence electrons. The number of hydrogen-bond acceptors (Lipinski definition) is 3. The van der Waals surface area contributed by atoms with Crippen molar-refractivity contribution in [1.82, 2.24) is 9.88 Å². The van der Waals surface area contributed by atoms with Crippen LogP contribution in [0.5, 0.6) is 0 Å². The summed E-state index contributed by atoms with van der Waals surface area (Å²) in [5.41, 5.74) is 1.22.